The fraction of sp³-hybridized carbons (Fsp3) is 0.250. The number of hydrogen-bond donors (Lipinski definition) is 0. The standard InChI is InChI=1S/C12H12FN3O4S2/c1-22(19,20)15(13)7-6-12-14-8-11(21-12)9-2-4-10(5-3-9)16(17)18/h2-5,8H,6-7H2,1H3. The quantitative estimate of drug-likeness (QED) is 0.455. The maximum absolute atomic E-state index is 13.2. The molecule has 0 saturated carbocycles. The summed E-state index contributed by atoms with van der Waals surface area (Å²) in [5, 5.41) is 11.2. The van der Waals surface area contributed by atoms with Crippen LogP contribution in [0.3, 0.4) is 0 Å². The number of nitro benzene ring substituents is 1. The Morgan fingerprint density at radius 1 is 1.36 bits per heavy atom. The molecular weight excluding hydrogens is 333 g/mol. The third kappa shape index (κ3) is 4.06. The summed E-state index contributed by atoms with van der Waals surface area (Å²) in [5.41, 5.74) is 0.754. The van der Waals surface area contributed by atoms with E-state index in [0.717, 1.165) is 16.7 Å². The van der Waals surface area contributed by atoms with E-state index in [1.165, 1.54) is 23.5 Å². The van der Waals surface area contributed by atoms with Gasteiger partial charge in [-0.05, 0) is 22.2 Å². The minimum Gasteiger partial charge on any atom is -0.258 e. The number of nitrogens with zero attached hydrogens (tertiary/aromatic N) is 3. The molecule has 0 spiro atoms. The van der Waals surface area contributed by atoms with Crippen molar-refractivity contribution >= 4 is 27.0 Å². The number of hydrogen-bond acceptors (Lipinski definition) is 6. The normalized spacial score (nSPS) is 11.8. The topological polar surface area (TPSA) is 93.4 Å². The van der Waals surface area contributed by atoms with E-state index in [1.807, 2.05) is 0 Å². The van der Waals surface area contributed by atoms with Gasteiger partial charge >= 0.3 is 0 Å². The molecule has 0 atom stereocenters. The fourth-order valence-corrected chi connectivity index (χ4v) is 2.99. The summed E-state index contributed by atoms with van der Waals surface area (Å²) in [4.78, 5) is 15.0. The fourth-order valence-electron chi connectivity index (χ4n) is 1.66. The maximum atomic E-state index is 13.2. The second-order valence-electron chi connectivity index (χ2n) is 4.45. The van der Waals surface area contributed by atoms with E-state index in [0.29, 0.717) is 5.01 Å². The van der Waals surface area contributed by atoms with Crippen molar-refractivity contribution in [2.45, 2.75) is 6.42 Å². The number of non-ortho nitro benzene ring substituents is 1. The van der Waals surface area contributed by atoms with Crippen molar-refractivity contribution in [3.63, 3.8) is 0 Å². The number of sulfonamides is 1. The van der Waals surface area contributed by atoms with Crippen molar-refractivity contribution in [2.75, 3.05) is 12.8 Å². The zero-order valence-electron chi connectivity index (χ0n) is 11.5. The van der Waals surface area contributed by atoms with E-state index in [1.54, 1.807) is 18.3 Å². The summed E-state index contributed by atoms with van der Waals surface area (Å²) in [6.07, 6.45) is 2.52. The summed E-state index contributed by atoms with van der Waals surface area (Å²) >= 11 is 1.28. The van der Waals surface area contributed by atoms with E-state index < -0.39 is 14.9 Å². The van der Waals surface area contributed by atoms with Crippen LogP contribution in [0.2, 0.25) is 0 Å². The Bertz CT molecular complexity index is 774. The Morgan fingerprint density at radius 2 is 2.00 bits per heavy atom. The first-order chi connectivity index (χ1) is 10.3. The molecule has 0 fully saturated rings. The maximum Gasteiger partial charge on any atom is 0.269 e. The highest BCUT2D eigenvalue weighted by Crippen LogP contribution is 2.28. The lowest BCUT2D eigenvalue weighted by atomic mass is 10.2. The summed E-state index contributed by atoms with van der Waals surface area (Å²) in [7, 11) is -3.85. The van der Waals surface area contributed by atoms with Gasteiger partial charge in [-0.3, -0.25) is 10.1 Å². The van der Waals surface area contributed by atoms with E-state index in [4.69, 9.17) is 0 Å². The van der Waals surface area contributed by atoms with Gasteiger partial charge in [-0.25, -0.2) is 13.4 Å². The SMILES string of the molecule is CS(=O)(=O)N(F)CCc1ncc(-c2ccc([N+](=O)[O-])cc2)s1. The molecule has 10 heteroatoms. The van der Waals surface area contributed by atoms with Crippen molar-refractivity contribution < 1.29 is 17.8 Å². The van der Waals surface area contributed by atoms with Crippen molar-refractivity contribution in [3.8, 4) is 10.4 Å². The van der Waals surface area contributed by atoms with Crippen LogP contribution >= 0.6 is 11.3 Å². The van der Waals surface area contributed by atoms with Crippen LogP contribution in [0.1, 0.15) is 5.01 Å². The van der Waals surface area contributed by atoms with Crippen LogP contribution in [0.4, 0.5) is 10.2 Å². The first-order valence-electron chi connectivity index (χ1n) is 6.10. The molecule has 7 nitrogen and oxygen atoms in total. The average molecular weight is 345 g/mol. The van der Waals surface area contributed by atoms with Gasteiger partial charge in [0.1, 0.15) is 0 Å². The number of rotatable bonds is 6. The largest absolute Gasteiger partial charge is 0.269 e. The van der Waals surface area contributed by atoms with Gasteiger partial charge < -0.3 is 0 Å². The van der Waals surface area contributed by atoms with Crippen LogP contribution in [0.25, 0.3) is 10.4 Å². The summed E-state index contributed by atoms with van der Waals surface area (Å²) < 4.78 is 34.9. The minimum absolute atomic E-state index is 0.00490. The summed E-state index contributed by atoms with van der Waals surface area (Å²) in [6, 6.07) is 5.99. The molecule has 1 aromatic heterocycles. The molecule has 0 saturated heterocycles. The molecule has 1 aromatic carbocycles. The lowest BCUT2D eigenvalue weighted by molar-refractivity contribution is -0.384. The molecule has 118 valence electrons. The Labute approximate surface area is 130 Å². The molecule has 0 unspecified atom stereocenters. The van der Waals surface area contributed by atoms with E-state index in [2.05, 4.69) is 4.98 Å². The molecular formula is C12H12FN3O4S2. The van der Waals surface area contributed by atoms with Crippen LogP contribution in [0.5, 0.6) is 0 Å². The Hall–Kier alpha value is -1.91. The van der Waals surface area contributed by atoms with Gasteiger partial charge in [-0.2, -0.15) is 0 Å². The Kier molecular flexibility index (Phi) is 4.84. The van der Waals surface area contributed by atoms with Crippen molar-refractivity contribution in [1.29, 1.82) is 0 Å². The molecule has 0 aliphatic carbocycles. The third-order valence-electron chi connectivity index (χ3n) is 2.78. The second kappa shape index (κ2) is 6.46. The van der Waals surface area contributed by atoms with E-state index >= 15 is 0 Å². The minimum atomic E-state index is -3.85. The van der Waals surface area contributed by atoms with Crippen LogP contribution in [0.15, 0.2) is 30.5 Å². The van der Waals surface area contributed by atoms with Gasteiger partial charge in [0.2, 0.25) is 10.0 Å². The molecule has 2 aromatic rings. The third-order valence-corrected chi connectivity index (χ3v) is 4.79. The van der Waals surface area contributed by atoms with Crippen molar-refractivity contribution in [3.05, 3.63) is 45.6 Å². The van der Waals surface area contributed by atoms with Crippen LogP contribution in [-0.4, -0.2) is 35.7 Å². The molecule has 0 radical (unpaired) electrons. The van der Waals surface area contributed by atoms with Crippen LogP contribution in [-0.2, 0) is 16.4 Å². The molecule has 22 heavy (non-hydrogen) atoms. The zero-order chi connectivity index (χ0) is 16.3. The lowest BCUT2D eigenvalue weighted by Gasteiger charge is -2.06. The lowest BCUT2D eigenvalue weighted by Crippen LogP contribution is -2.23. The van der Waals surface area contributed by atoms with Gasteiger partial charge in [-0.15, -0.1) is 15.8 Å². The number of thiazole rings is 1. The van der Waals surface area contributed by atoms with Gasteiger partial charge in [0.25, 0.3) is 5.69 Å². The molecule has 1 heterocycles. The van der Waals surface area contributed by atoms with Crippen LogP contribution < -0.4 is 0 Å². The monoisotopic (exact) mass is 345 g/mol. The second-order valence-corrected chi connectivity index (χ2v) is 7.42. The molecule has 0 aliphatic rings. The molecule has 0 bridgehead atoms. The predicted molar refractivity (Wildman–Crippen MR) is 80.6 cm³/mol. The number of nitro groups is 1. The highest BCUT2D eigenvalue weighted by Gasteiger charge is 2.16. The predicted octanol–water partition coefficient (Wildman–Crippen LogP) is 2.41. The zero-order valence-corrected chi connectivity index (χ0v) is 13.1. The van der Waals surface area contributed by atoms with Gasteiger partial charge in [0.15, 0.2) is 0 Å². The van der Waals surface area contributed by atoms with Gasteiger partial charge in [-0.1, -0.05) is 0 Å². The summed E-state index contributed by atoms with van der Waals surface area (Å²) in [6.45, 7) is -0.300. The number of halogens is 1. The first kappa shape index (κ1) is 16.5. The van der Waals surface area contributed by atoms with Crippen LogP contribution in [0, 0.1) is 10.1 Å². The van der Waals surface area contributed by atoms with E-state index in [-0.39, 0.29) is 23.2 Å². The number of aromatic nitrogens is 1. The number of benzene rings is 1. The van der Waals surface area contributed by atoms with Crippen molar-refractivity contribution in [1.82, 2.24) is 9.51 Å². The first-order valence-corrected chi connectivity index (χ1v) is 8.77. The van der Waals surface area contributed by atoms with Gasteiger partial charge in [0.05, 0.1) is 27.6 Å². The van der Waals surface area contributed by atoms with Crippen molar-refractivity contribution in [2.24, 2.45) is 0 Å². The highest BCUT2D eigenvalue weighted by atomic mass is 32.2. The molecule has 2 rings (SSSR count). The molecule has 0 N–H and O–H groups in total. The van der Waals surface area contributed by atoms with Gasteiger partial charge in [0, 0.05) is 24.8 Å². The van der Waals surface area contributed by atoms with E-state index in [9.17, 15) is 23.0 Å². The smallest absolute Gasteiger partial charge is 0.258 e. The Morgan fingerprint density at radius 3 is 2.55 bits per heavy atom. The average Bonchev–Trinajstić information content (AvgIpc) is 2.92. The Balaban J connectivity index is 2.06. The highest BCUT2D eigenvalue weighted by molar-refractivity contribution is 7.88. The molecule has 0 aliphatic heterocycles. The summed E-state index contributed by atoms with van der Waals surface area (Å²) in [5.74, 6) is 0. The molecule has 0 amide bonds.